The lowest BCUT2D eigenvalue weighted by Gasteiger charge is -2.14. The summed E-state index contributed by atoms with van der Waals surface area (Å²) in [6.45, 7) is 0. The van der Waals surface area contributed by atoms with Crippen molar-refractivity contribution in [3.63, 3.8) is 0 Å². The second kappa shape index (κ2) is 30.2. The van der Waals surface area contributed by atoms with E-state index in [2.05, 4.69) is 382 Å². The van der Waals surface area contributed by atoms with Gasteiger partial charge in [-0.3, -0.25) is 0 Å². The molecule has 0 aliphatic heterocycles. The molecule has 0 fully saturated rings. The number of para-hydroxylation sites is 3. The zero-order chi connectivity index (χ0) is 88.5. The lowest BCUT2D eigenvalue weighted by molar-refractivity contribution is 0.669. The number of furan rings is 3. The van der Waals surface area contributed by atoms with E-state index >= 15 is 0 Å². The van der Waals surface area contributed by atoms with E-state index in [1.807, 2.05) is 54.6 Å². The lowest BCUT2D eigenvalue weighted by Crippen LogP contribution is -1.96. The number of hydrogen-bond acceptors (Lipinski definition) is 9. The Morgan fingerprint density at radius 2 is 0.430 bits per heavy atom. The van der Waals surface area contributed by atoms with Gasteiger partial charge in [-0.2, -0.15) is 0 Å². The highest BCUT2D eigenvalue weighted by atomic mass is 16.3. The Bertz CT molecular complexity index is 10300. The molecule has 0 saturated carbocycles. The van der Waals surface area contributed by atoms with Crippen LogP contribution in [0.15, 0.2) is 450 Å². The van der Waals surface area contributed by atoms with E-state index in [1.54, 1.807) is 0 Å². The lowest BCUT2D eigenvalue weighted by atomic mass is 9.91. The molecule has 0 aliphatic carbocycles. The van der Waals surface area contributed by atoms with Gasteiger partial charge in [-0.05, 0) is 203 Å². The number of nitrogens with zero attached hydrogens (tertiary/aromatic N) is 6. The van der Waals surface area contributed by atoms with Crippen molar-refractivity contribution in [2.75, 3.05) is 0 Å². The van der Waals surface area contributed by atoms with Gasteiger partial charge in [0.2, 0.25) is 0 Å². The fourth-order valence-corrected chi connectivity index (χ4v) is 21.6. The highest BCUT2D eigenvalue weighted by Gasteiger charge is 2.25. The minimum Gasteiger partial charge on any atom is -0.456 e. The standard InChI is InChI=1S/3C42H24N2O/c1-2-11-26(12-3-1)40-39-28-13-5-4-10-25(28)19-23-36(39)43-42(44-40)27-18-20-33-35(24-27)30-15-7-6-14-29(30)32-21-22-34-31-16-8-9-17-37(31)45-41(34)38(32)33;1-2-11-26(12-3-1)41-39-28-13-5-4-10-25(28)19-22-35(39)43-42(44-41)27-18-20-30-32-21-23-37-40(33-16-8-9-17-36(33)45-37)38(32)31-15-7-6-14-29(31)34(30)24-27;1-2-11-26(12-3-1)41-40-28-13-5-4-10-25(28)19-21-37(40)43-42(44-41)27-18-20-31-33(22-27)29-14-6-7-15-30(29)34-23-36-32-16-8-9-17-38(32)45-39(36)24-35(31)34/h3*1-24H. The zero-order valence-electron chi connectivity index (χ0n) is 72.5. The van der Waals surface area contributed by atoms with Gasteiger partial charge in [-0.15, -0.1) is 0 Å². The number of fused-ring (bicyclic) bond motifs is 38. The normalized spacial score (nSPS) is 12.0. The molecule has 0 aliphatic rings. The molecule has 30 rings (SSSR count). The van der Waals surface area contributed by atoms with E-state index < -0.39 is 0 Å². The second-order valence-corrected chi connectivity index (χ2v) is 35.2. The van der Waals surface area contributed by atoms with Gasteiger partial charge >= 0.3 is 0 Å². The third kappa shape index (κ3) is 12.1. The van der Waals surface area contributed by atoms with E-state index in [0.717, 1.165) is 188 Å². The van der Waals surface area contributed by atoms with Gasteiger partial charge in [0.15, 0.2) is 17.5 Å². The smallest absolute Gasteiger partial charge is 0.160 e. The first-order valence-corrected chi connectivity index (χ1v) is 45.8. The van der Waals surface area contributed by atoms with Crippen LogP contribution in [0.25, 0.3) is 296 Å². The van der Waals surface area contributed by atoms with Crippen LogP contribution in [0.5, 0.6) is 0 Å². The number of benzene rings is 24. The maximum atomic E-state index is 6.56. The summed E-state index contributed by atoms with van der Waals surface area (Å²) in [6.07, 6.45) is 0. The molecule has 6 heterocycles. The summed E-state index contributed by atoms with van der Waals surface area (Å²) >= 11 is 0. The van der Waals surface area contributed by atoms with Crippen LogP contribution in [0.3, 0.4) is 0 Å². The van der Waals surface area contributed by atoms with Crippen LogP contribution in [0.4, 0.5) is 0 Å². The van der Waals surface area contributed by atoms with Gasteiger partial charge in [0, 0.05) is 92.6 Å². The van der Waals surface area contributed by atoms with Crippen molar-refractivity contribution in [2.45, 2.75) is 0 Å². The van der Waals surface area contributed by atoms with E-state index in [9.17, 15) is 0 Å². The van der Waals surface area contributed by atoms with E-state index in [0.29, 0.717) is 5.82 Å². The van der Waals surface area contributed by atoms with Crippen molar-refractivity contribution >= 4 is 228 Å². The van der Waals surface area contributed by atoms with E-state index in [4.69, 9.17) is 43.2 Å². The van der Waals surface area contributed by atoms with E-state index in [1.165, 1.54) is 102 Å². The summed E-state index contributed by atoms with van der Waals surface area (Å²) in [7, 11) is 0. The van der Waals surface area contributed by atoms with Crippen LogP contribution < -0.4 is 0 Å². The Kier molecular flexibility index (Phi) is 17.0. The molecule has 0 saturated heterocycles. The topological polar surface area (TPSA) is 117 Å². The second-order valence-electron chi connectivity index (χ2n) is 35.2. The minimum atomic E-state index is 0.713. The summed E-state index contributed by atoms with van der Waals surface area (Å²) in [5, 5.41) is 38.6. The molecule has 24 aromatic carbocycles. The van der Waals surface area contributed by atoms with Crippen molar-refractivity contribution < 1.29 is 13.3 Å². The van der Waals surface area contributed by atoms with Gasteiger partial charge in [-0.25, -0.2) is 29.9 Å². The van der Waals surface area contributed by atoms with Gasteiger partial charge in [0.05, 0.1) is 33.6 Å². The van der Waals surface area contributed by atoms with Crippen LogP contribution in [0.2, 0.25) is 0 Å². The van der Waals surface area contributed by atoms with Gasteiger partial charge in [0.1, 0.15) is 33.5 Å². The molecule has 0 unspecified atom stereocenters. The number of hydrogen-bond donors (Lipinski definition) is 0. The average molecular weight is 1720 g/mol. The summed E-state index contributed by atoms with van der Waals surface area (Å²) in [5.41, 5.74) is 17.3. The summed E-state index contributed by atoms with van der Waals surface area (Å²) in [4.78, 5) is 31.4. The Labute approximate surface area is 770 Å². The first-order chi connectivity index (χ1) is 66.9. The van der Waals surface area contributed by atoms with Crippen LogP contribution in [-0.2, 0) is 0 Å². The van der Waals surface area contributed by atoms with Gasteiger partial charge < -0.3 is 13.3 Å². The van der Waals surface area contributed by atoms with Crippen molar-refractivity contribution in [3.05, 3.63) is 437 Å². The first kappa shape index (κ1) is 75.8. The van der Waals surface area contributed by atoms with Crippen molar-refractivity contribution in [2.24, 2.45) is 0 Å². The number of aromatic nitrogens is 6. The van der Waals surface area contributed by atoms with Gasteiger partial charge in [-0.1, -0.05) is 352 Å². The SMILES string of the molecule is c1ccc(-c2nc(-c3ccc4c(c3)c3ccccc3c3c4ccc4oc5ccccc5c43)nc3ccc4ccccc4c23)cc1.c1ccc(-c2nc(-c3ccc4c(c3)c3ccccc3c3cc5c(cc43)oc3ccccc35)nc3ccc4ccccc4c23)cc1.c1ccc(-c2nc(-c3ccc4c(c3)c3ccccc3c3ccc5c6ccccc6oc5c34)nc3ccc4ccccc4c23)cc1. The predicted molar refractivity (Wildman–Crippen MR) is 563 cm³/mol. The van der Waals surface area contributed by atoms with Gasteiger partial charge in [0.25, 0.3) is 0 Å². The molecule has 0 atom stereocenters. The molecule has 624 valence electrons. The molecule has 6 aromatic heterocycles. The molecule has 30 aromatic rings. The average Bonchev–Trinajstić information content (AvgIpc) is 1.68. The molecular weight excluding hydrogens is 1650 g/mol. The zero-order valence-corrected chi connectivity index (χ0v) is 72.5. The molecule has 9 heteroatoms. The predicted octanol–water partition coefficient (Wildman–Crippen LogP) is 34.4. The molecule has 0 amide bonds. The molecular formula is C126H72N6O3. The molecule has 9 nitrogen and oxygen atoms in total. The molecule has 0 radical (unpaired) electrons. The summed E-state index contributed by atoms with van der Waals surface area (Å²) < 4.78 is 19.2. The fourth-order valence-electron chi connectivity index (χ4n) is 21.6. The van der Waals surface area contributed by atoms with Crippen LogP contribution in [0, 0.1) is 0 Å². The molecule has 0 N–H and O–H groups in total. The molecule has 0 bridgehead atoms. The highest BCUT2D eigenvalue weighted by Crippen LogP contribution is 2.49. The Hall–Kier alpha value is -18.2. The molecule has 135 heavy (non-hydrogen) atoms. The number of rotatable bonds is 6. The summed E-state index contributed by atoms with van der Waals surface area (Å²) in [6, 6.07) is 154. The first-order valence-electron chi connectivity index (χ1n) is 45.8. The van der Waals surface area contributed by atoms with Crippen LogP contribution in [0.1, 0.15) is 0 Å². The third-order valence-electron chi connectivity index (χ3n) is 27.7. The Balaban J connectivity index is 0.000000101. The summed E-state index contributed by atoms with van der Waals surface area (Å²) in [5.74, 6) is 2.15. The van der Waals surface area contributed by atoms with Crippen LogP contribution in [-0.4, -0.2) is 29.9 Å². The maximum absolute atomic E-state index is 6.56. The molecule has 0 spiro atoms. The monoisotopic (exact) mass is 1720 g/mol. The quantitative estimate of drug-likeness (QED) is 0.150. The Morgan fingerprint density at radius 1 is 0.133 bits per heavy atom. The van der Waals surface area contributed by atoms with Crippen molar-refractivity contribution in [3.8, 4) is 67.9 Å². The third-order valence-corrected chi connectivity index (χ3v) is 27.7. The maximum Gasteiger partial charge on any atom is 0.160 e. The Morgan fingerprint density at radius 3 is 0.911 bits per heavy atom. The minimum absolute atomic E-state index is 0.713. The highest BCUT2D eigenvalue weighted by molar-refractivity contribution is 6.37. The largest absolute Gasteiger partial charge is 0.456 e. The fraction of sp³-hybridized carbons (Fsp3) is 0. The van der Waals surface area contributed by atoms with Crippen molar-refractivity contribution in [1.29, 1.82) is 0 Å². The van der Waals surface area contributed by atoms with Crippen molar-refractivity contribution in [1.82, 2.24) is 29.9 Å². The van der Waals surface area contributed by atoms with E-state index in [-0.39, 0.29) is 0 Å². The van der Waals surface area contributed by atoms with Crippen LogP contribution >= 0.6 is 0 Å².